The average Bonchev–Trinajstić information content (AvgIpc) is 3.16. The van der Waals surface area contributed by atoms with Gasteiger partial charge >= 0.3 is 0 Å². The summed E-state index contributed by atoms with van der Waals surface area (Å²) in [5.74, 6) is 0. The van der Waals surface area contributed by atoms with Gasteiger partial charge in [-0.25, -0.2) is 0 Å². The quantitative estimate of drug-likeness (QED) is 0.703. The molecule has 0 aliphatic carbocycles. The largest absolute Gasteiger partial charge is 0.346 e. The Balaban J connectivity index is 1.98. The molecule has 0 bridgehead atoms. The van der Waals surface area contributed by atoms with E-state index in [0.29, 0.717) is 13.2 Å². The Morgan fingerprint density at radius 2 is 1.68 bits per heavy atom. The highest BCUT2D eigenvalue weighted by molar-refractivity contribution is 5.85. The van der Waals surface area contributed by atoms with Crippen LogP contribution in [0.4, 0.5) is 0 Å². The van der Waals surface area contributed by atoms with Gasteiger partial charge in [0.15, 0.2) is 6.29 Å². The first-order chi connectivity index (χ1) is 10.8. The summed E-state index contributed by atoms with van der Waals surface area (Å²) in [6.45, 7) is 5.60. The van der Waals surface area contributed by atoms with Gasteiger partial charge in [-0.3, -0.25) is 0 Å². The van der Waals surface area contributed by atoms with Crippen LogP contribution >= 0.6 is 0 Å². The average molecular weight is 293 g/mol. The summed E-state index contributed by atoms with van der Waals surface area (Å²) in [5, 5.41) is 1.28. The molecule has 0 N–H and O–H groups in total. The van der Waals surface area contributed by atoms with Crippen LogP contribution in [0.15, 0.2) is 48.7 Å². The van der Waals surface area contributed by atoms with Crippen molar-refractivity contribution < 1.29 is 9.47 Å². The van der Waals surface area contributed by atoms with E-state index in [1.165, 1.54) is 27.7 Å². The Kier molecular flexibility index (Phi) is 3.25. The maximum atomic E-state index is 5.74. The summed E-state index contributed by atoms with van der Waals surface area (Å²) in [6.07, 6.45) is 1.93. The fourth-order valence-electron chi connectivity index (χ4n) is 3.27. The van der Waals surface area contributed by atoms with Crippen molar-refractivity contribution in [2.24, 2.45) is 0 Å². The number of nitrogens with zero attached hydrogens (tertiary/aromatic N) is 1. The van der Waals surface area contributed by atoms with Gasteiger partial charge in [0, 0.05) is 17.1 Å². The fraction of sp³-hybridized carbons (Fsp3) is 0.263. The number of rotatable bonds is 2. The zero-order valence-corrected chi connectivity index (χ0v) is 12.9. The predicted molar refractivity (Wildman–Crippen MR) is 87.4 cm³/mol. The van der Waals surface area contributed by atoms with E-state index in [9.17, 15) is 0 Å². The van der Waals surface area contributed by atoms with E-state index in [1.807, 2.05) is 0 Å². The molecular weight excluding hydrogens is 274 g/mol. The van der Waals surface area contributed by atoms with Crippen LogP contribution in [0.2, 0.25) is 0 Å². The van der Waals surface area contributed by atoms with Crippen LogP contribution < -0.4 is 0 Å². The monoisotopic (exact) mass is 293 g/mol. The molecule has 1 aliphatic heterocycles. The number of ether oxygens (including phenoxy) is 2. The molecule has 1 fully saturated rings. The lowest BCUT2D eigenvalue weighted by molar-refractivity contribution is -0.0441. The van der Waals surface area contributed by atoms with Crippen LogP contribution in [-0.2, 0) is 9.47 Å². The molecule has 3 heteroatoms. The van der Waals surface area contributed by atoms with Crippen molar-refractivity contribution in [3.05, 3.63) is 65.4 Å². The maximum Gasteiger partial charge on any atom is 0.186 e. The van der Waals surface area contributed by atoms with Crippen molar-refractivity contribution in [2.45, 2.75) is 20.1 Å². The van der Waals surface area contributed by atoms with Gasteiger partial charge in [-0.1, -0.05) is 36.4 Å². The van der Waals surface area contributed by atoms with Crippen molar-refractivity contribution in [1.29, 1.82) is 0 Å². The normalized spacial score (nSPS) is 15.7. The number of hydrogen-bond donors (Lipinski definition) is 0. The van der Waals surface area contributed by atoms with Gasteiger partial charge in [-0.15, -0.1) is 0 Å². The second-order valence-corrected chi connectivity index (χ2v) is 5.79. The van der Waals surface area contributed by atoms with E-state index in [1.54, 1.807) is 0 Å². The minimum atomic E-state index is -0.267. The first-order valence-electron chi connectivity index (χ1n) is 7.65. The molecule has 112 valence electrons. The van der Waals surface area contributed by atoms with Crippen LogP contribution in [0.1, 0.15) is 23.0 Å². The summed E-state index contributed by atoms with van der Waals surface area (Å²) < 4.78 is 13.7. The van der Waals surface area contributed by atoms with E-state index < -0.39 is 0 Å². The molecule has 0 atom stereocenters. The van der Waals surface area contributed by atoms with E-state index >= 15 is 0 Å². The molecule has 22 heavy (non-hydrogen) atoms. The maximum absolute atomic E-state index is 5.74. The Morgan fingerprint density at radius 3 is 2.50 bits per heavy atom. The molecular formula is C19H19NO2. The van der Waals surface area contributed by atoms with Crippen LogP contribution in [0.5, 0.6) is 0 Å². The number of fused-ring (bicyclic) bond motifs is 1. The third kappa shape index (κ3) is 2.05. The standard InChI is InChI=1S/C19H19NO2/c1-13-6-5-8-16(19-21-10-11-22-19)18(13)20-12-14(2)15-7-3-4-9-17(15)20/h3-9,12,19H,10-11H2,1-2H3. The van der Waals surface area contributed by atoms with E-state index in [-0.39, 0.29) is 6.29 Å². The lowest BCUT2D eigenvalue weighted by Gasteiger charge is -2.18. The Labute approximate surface area is 130 Å². The molecule has 3 nitrogen and oxygen atoms in total. The molecule has 0 radical (unpaired) electrons. The highest BCUT2D eigenvalue weighted by Crippen LogP contribution is 2.34. The van der Waals surface area contributed by atoms with E-state index in [4.69, 9.17) is 9.47 Å². The number of hydrogen-bond acceptors (Lipinski definition) is 2. The molecule has 3 aromatic rings. The number of aryl methyl sites for hydroxylation is 2. The Morgan fingerprint density at radius 1 is 0.909 bits per heavy atom. The van der Waals surface area contributed by atoms with Crippen molar-refractivity contribution in [3.8, 4) is 5.69 Å². The van der Waals surface area contributed by atoms with Gasteiger partial charge < -0.3 is 14.0 Å². The Hall–Kier alpha value is -2.10. The molecule has 0 saturated carbocycles. The van der Waals surface area contributed by atoms with Gasteiger partial charge in [-0.05, 0) is 31.0 Å². The summed E-state index contributed by atoms with van der Waals surface area (Å²) in [4.78, 5) is 0. The molecule has 0 unspecified atom stereocenters. The minimum absolute atomic E-state index is 0.267. The van der Waals surface area contributed by atoms with Gasteiger partial charge in [0.2, 0.25) is 0 Å². The third-order valence-electron chi connectivity index (χ3n) is 4.30. The number of aromatic nitrogens is 1. The van der Waals surface area contributed by atoms with Gasteiger partial charge in [0.25, 0.3) is 0 Å². The summed E-state index contributed by atoms with van der Waals surface area (Å²) in [5.41, 5.74) is 5.97. The van der Waals surface area contributed by atoms with Crippen LogP contribution in [0.3, 0.4) is 0 Å². The molecule has 0 spiro atoms. The van der Waals surface area contributed by atoms with Crippen molar-refractivity contribution in [2.75, 3.05) is 13.2 Å². The smallest absolute Gasteiger partial charge is 0.186 e. The molecule has 0 amide bonds. The molecule has 2 heterocycles. The zero-order valence-electron chi connectivity index (χ0n) is 12.9. The first-order valence-corrected chi connectivity index (χ1v) is 7.65. The molecule has 2 aromatic carbocycles. The second kappa shape index (κ2) is 5.27. The molecule has 1 aliphatic rings. The predicted octanol–water partition coefficient (Wildman–Crippen LogP) is 4.29. The number of para-hydroxylation sites is 2. The highest BCUT2D eigenvalue weighted by Gasteiger charge is 2.23. The van der Waals surface area contributed by atoms with E-state index in [0.717, 1.165) is 5.56 Å². The van der Waals surface area contributed by atoms with Crippen molar-refractivity contribution >= 4 is 10.9 Å². The van der Waals surface area contributed by atoms with Crippen molar-refractivity contribution in [1.82, 2.24) is 4.57 Å². The summed E-state index contributed by atoms with van der Waals surface area (Å²) in [7, 11) is 0. The third-order valence-corrected chi connectivity index (χ3v) is 4.30. The fourth-order valence-corrected chi connectivity index (χ4v) is 3.27. The summed E-state index contributed by atoms with van der Waals surface area (Å²) in [6, 6.07) is 14.8. The van der Waals surface area contributed by atoms with Crippen LogP contribution in [-0.4, -0.2) is 17.8 Å². The minimum Gasteiger partial charge on any atom is -0.346 e. The lowest BCUT2D eigenvalue weighted by Crippen LogP contribution is -2.07. The topological polar surface area (TPSA) is 23.4 Å². The van der Waals surface area contributed by atoms with Gasteiger partial charge in [-0.2, -0.15) is 0 Å². The van der Waals surface area contributed by atoms with Crippen molar-refractivity contribution in [3.63, 3.8) is 0 Å². The SMILES string of the molecule is Cc1cccc(C2OCCO2)c1-n1cc(C)c2ccccc21. The second-order valence-electron chi connectivity index (χ2n) is 5.79. The number of benzene rings is 2. The molecule has 4 rings (SSSR count). The first kappa shape index (κ1) is 13.6. The van der Waals surface area contributed by atoms with Gasteiger partial charge in [0.1, 0.15) is 0 Å². The molecule has 1 saturated heterocycles. The van der Waals surface area contributed by atoms with E-state index in [2.05, 4.69) is 67.1 Å². The molecule has 1 aromatic heterocycles. The highest BCUT2D eigenvalue weighted by atomic mass is 16.7. The van der Waals surface area contributed by atoms with Crippen LogP contribution in [0, 0.1) is 13.8 Å². The lowest BCUT2D eigenvalue weighted by atomic mass is 10.1. The van der Waals surface area contributed by atoms with Crippen LogP contribution in [0.25, 0.3) is 16.6 Å². The van der Waals surface area contributed by atoms with Gasteiger partial charge in [0.05, 0.1) is 24.4 Å². The Bertz CT molecular complexity index is 829. The zero-order chi connectivity index (χ0) is 15.1. The summed E-state index contributed by atoms with van der Waals surface area (Å²) >= 11 is 0.